The van der Waals surface area contributed by atoms with Gasteiger partial charge in [0.1, 0.15) is 5.75 Å². The third-order valence-electron chi connectivity index (χ3n) is 3.62. The van der Waals surface area contributed by atoms with Gasteiger partial charge in [0, 0.05) is 0 Å². The van der Waals surface area contributed by atoms with Gasteiger partial charge in [-0.1, -0.05) is 42.2 Å². The summed E-state index contributed by atoms with van der Waals surface area (Å²) in [4.78, 5) is 14.7. The molecule has 1 saturated heterocycles. The number of carbonyl (C=O) groups is 1. The highest BCUT2D eigenvalue weighted by Crippen LogP contribution is 2.40. The second kappa shape index (κ2) is 7.16. The molecule has 1 N–H and O–H groups in total. The fourth-order valence-electron chi connectivity index (χ4n) is 2.44. The van der Waals surface area contributed by atoms with Crippen molar-refractivity contribution in [2.24, 2.45) is 0 Å². The summed E-state index contributed by atoms with van der Waals surface area (Å²) in [6.45, 7) is 0. The number of ether oxygens (including phenoxy) is 2. The molecule has 128 valence electrons. The number of amides is 1. The van der Waals surface area contributed by atoms with E-state index in [-0.39, 0.29) is 11.7 Å². The number of hydrogen-bond donors (Lipinski definition) is 1. The summed E-state index contributed by atoms with van der Waals surface area (Å²) in [5, 5.41) is 9.88. The molecule has 25 heavy (non-hydrogen) atoms. The first kappa shape index (κ1) is 17.3. The zero-order valence-corrected chi connectivity index (χ0v) is 15.2. The molecule has 0 aromatic heterocycles. The molecule has 1 fully saturated rings. The molecule has 7 heteroatoms. The highest BCUT2D eigenvalue weighted by molar-refractivity contribution is 8.27. The van der Waals surface area contributed by atoms with Crippen LogP contribution in [0, 0.1) is 0 Å². The lowest BCUT2D eigenvalue weighted by molar-refractivity contribution is -0.113. The molecule has 0 unspecified atom stereocenters. The smallest absolute Gasteiger partial charge is 0.270 e. The van der Waals surface area contributed by atoms with E-state index in [0.29, 0.717) is 32.0 Å². The summed E-state index contributed by atoms with van der Waals surface area (Å²) in [6, 6.07) is 12.1. The number of rotatable bonds is 4. The molecule has 1 amide bonds. The van der Waals surface area contributed by atoms with Gasteiger partial charge in [-0.25, -0.2) is 0 Å². The fraction of sp³-hybridized carbons (Fsp3) is 0.111. The highest BCUT2D eigenvalue weighted by atomic mass is 32.2. The number of phenolic OH excluding ortho intramolecular Hbond substituents is 1. The molecule has 2 aromatic rings. The highest BCUT2D eigenvalue weighted by Gasteiger charge is 2.34. The molecule has 1 aliphatic rings. The standard InChI is InChI=1S/C18H15NO4S2/c1-22-14-6-4-3-5-12(14)19-17(21)16(25-18(19)24)10-11-7-8-15(23-2)13(20)9-11/h3-10,20H,1-2H3/b16-10-. The quantitative estimate of drug-likeness (QED) is 0.650. The molecule has 0 atom stereocenters. The number of para-hydroxylation sites is 2. The molecular formula is C18H15NO4S2. The Kier molecular flexibility index (Phi) is 4.96. The molecule has 1 aliphatic heterocycles. The van der Waals surface area contributed by atoms with Gasteiger partial charge in [-0.2, -0.15) is 0 Å². The number of aromatic hydroxyl groups is 1. The summed E-state index contributed by atoms with van der Waals surface area (Å²) < 4.78 is 10.8. The van der Waals surface area contributed by atoms with Crippen molar-refractivity contribution in [3.63, 3.8) is 0 Å². The molecule has 0 saturated carbocycles. The van der Waals surface area contributed by atoms with Gasteiger partial charge in [0.05, 0.1) is 24.8 Å². The largest absolute Gasteiger partial charge is 0.504 e. The van der Waals surface area contributed by atoms with Gasteiger partial charge in [0.2, 0.25) is 0 Å². The van der Waals surface area contributed by atoms with Gasteiger partial charge in [-0.3, -0.25) is 9.69 Å². The van der Waals surface area contributed by atoms with Crippen LogP contribution >= 0.6 is 24.0 Å². The van der Waals surface area contributed by atoms with Crippen LogP contribution in [-0.2, 0) is 4.79 Å². The monoisotopic (exact) mass is 373 g/mol. The number of methoxy groups -OCH3 is 2. The van der Waals surface area contributed by atoms with Gasteiger partial charge < -0.3 is 14.6 Å². The predicted octanol–water partition coefficient (Wildman–Crippen LogP) is 3.82. The van der Waals surface area contributed by atoms with Gasteiger partial charge in [0.15, 0.2) is 15.8 Å². The van der Waals surface area contributed by atoms with Crippen LogP contribution in [0.4, 0.5) is 5.69 Å². The number of benzene rings is 2. The SMILES string of the molecule is COc1ccc(/C=C2\SC(=S)N(c3ccccc3OC)C2=O)cc1O. The number of thioether (sulfide) groups is 1. The van der Waals surface area contributed by atoms with Crippen LogP contribution in [0.25, 0.3) is 6.08 Å². The summed E-state index contributed by atoms with van der Waals surface area (Å²) in [7, 11) is 3.03. The summed E-state index contributed by atoms with van der Waals surface area (Å²) in [5.41, 5.74) is 1.28. The van der Waals surface area contributed by atoms with Crippen molar-refractivity contribution in [1.29, 1.82) is 0 Å². The van der Waals surface area contributed by atoms with Crippen LogP contribution < -0.4 is 14.4 Å². The number of anilines is 1. The van der Waals surface area contributed by atoms with E-state index in [1.165, 1.54) is 29.8 Å². The lowest BCUT2D eigenvalue weighted by atomic mass is 10.2. The van der Waals surface area contributed by atoms with E-state index < -0.39 is 0 Å². The van der Waals surface area contributed by atoms with Gasteiger partial charge in [-0.15, -0.1) is 0 Å². The second-order valence-electron chi connectivity index (χ2n) is 5.12. The van der Waals surface area contributed by atoms with Gasteiger partial charge in [-0.05, 0) is 35.9 Å². The maximum absolute atomic E-state index is 12.8. The minimum atomic E-state index is -0.227. The van der Waals surface area contributed by atoms with Crippen molar-refractivity contribution >= 4 is 46.0 Å². The molecule has 2 aromatic carbocycles. The maximum atomic E-state index is 12.8. The van der Waals surface area contributed by atoms with Crippen LogP contribution in [0.5, 0.6) is 17.2 Å². The Bertz CT molecular complexity index is 879. The predicted molar refractivity (Wildman–Crippen MR) is 103 cm³/mol. The van der Waals surface area contributed by atoms with Crippen LogP contribution in [0.3, 0.4) is 0 Å². The van der Waals surface area contributed by atoms with Crippen molar-refractivity contribution in [1.82, 2.24) is 0 Å². The minimum Gasteiger partial charge on any atom is -0.504 e. The molecule has 5 nitrogen and oxygen atoms in total. The van der Waals surface area contributed by atoms with Crippen molar-refractivity contribution in [2.75, 3.05) is 19.1 Å². The third-order valence-corrected chi connectivity index (χ3v) is 4.92. The average Bonchev–Trinajstić information content (AvgIpc) is 2.88. The van der Waals surface area contributed by atoms with Gasteiger partial charge >= 0.3 is 0 Å². The molecular weight excluding hydrogens is 358 g/mol. The first-order chi connectivity index (χ1) is 12.0. The Morgan fingerprint density at radius 1 is 1.12 bits per heavy atom. The Labute approximate surface area is 154 Å². The number of nitrogens with zero attached hydrogens (tertiary/aromatic N) is 1. The summed E-state index contributed by atoms with van der Waals surface area (Å²) >= 11 is 6.57. The van der Waals surface area contributed by atoms with Gasteiger partial charge in [0.25, 0.3) is 5.91 Å². The molecule has 1 heterocycles. The van der Waals surface area contributed by atoms with Crippen molar-refractivity contribution in [3.8, 4) is 17.2 Å². The number of phenols is 1. The zero-order valence-electron chi connectivity index (χ0n) is 13.6. The molecule has 3 rings (SSSR count). The Morgan fingerprint density at radius 3 is 2.52 bits per heavy atom. The second-order valence-corrected chi connectivity index (χ2v) is 6.80. The first-order valence-electron chi connectivity index (χ1n) is 7.33. The molecule has 0 spiro atoms. The van der Waals surface area contributed by atoms with E-state index in [1.807, 2.05) is 12.1 Å². The van der Waals surface area contributed by atoms with E-state index in [0.717, 1.165) is 0 Å². The van der Waals surface area contributed by atoms with Crippen molar-refractivity contribution < 1.29 is 19.4 Å². The first-order valence-corrected chi connectivity index (χ1v) is 8.55. The van der Waals surface area contributed by atoms with E-state index in [1.54, 1.807) is 37.5 Å². The van der Waals surface area contributed by atoms with Crippen molar-refractivity contribution in [2.45, 2.75) is 0 Å². The van der Waals surface area contributed by atoms with Crippen molar-refractivity contribution in [3.05, 3.63) is 52.9 Å². The van der Waals surface area contributed by atoms with E-state index in [2.05, 4.69) is 0 Å². The van der Waals surface area contributed by atoms with E-state index in [4.69, 9.17) is 21.7 Å². The van der Waals surface area contributed by atoms with Crippen LogP contribution in [0.2, 0.25) is 0 Å². The Hall–Kier alpha value is -2.51. The minimum absolute atomic E-state index is 0.0106. The van der Waals surface area contributed by atoms with Crippen LogP contribution in [-0.4, -0.2) is 29.6 Å². The lowest BCUT2D eigenvalue weighted by Gasteiger charge is -2.17. The Balaban J connectivity index is 1.95. The zero-order chi connectivity index (χ0) is 18.0. The van der Waals surface area contributed by atoms with E-state index in [9.17, 15) is 9.90 Å². The third kappa shape index (κ3) is 3.33. The lowest BCUT2D eigenvalue weighted by Crippen LogP contribution is -2.27. The van der Waals surface area contributed by atoms with Crippen LogP contribution in [0.1, 0.15) is 5.56 Å². The summed E-state index contributed by atoms with van der Waals surface area (Å²) in [5.74, 6) is 0.729. The number of hydrogen-bond acceptors (Lipinski definition) is 6. The number of thiocarbonyl (C=S) groups is 1. The molecule has 0 radical (unpaired) electrons. The maximum Gasteiger partial charge on any atom is 0.270 e. The Morgan fingerprint density at radius 2 is 1.84 bits per heavy atom. The topological polar surface area (TPSA) is 59.0 Å². The molecule has 0 aliphatic carbocycles. The summed E-state index contributed by atoms with van der Waals surface area (Å²) in [6.07, 6.45) is 1.69. The fourth-order valence-corrected chi connectivity index (χ4v) is 3.72. The van der Waals surface area contributed by atoms with E-state index >= 15 is 0 Å². The number of carbonyl (C=O) groups excluding carboxylic acids is 1. The van der Waals surface area contributed by atoms with Crippen LogP contribution in [0.15, 0.2) is 47.4 Å². The molecule has 0 bridgehead atoms. The normalized spacial score (nSPS) is 15.8. The average molecular weight is 373 g/mol.